The Labute approximate surface area is 207 Å². The largest absolute Gasteiger partial charge is 0.465 e. The Balaban J connectivity index is 1.53. The number of hydrogen-bond donors (Lipinski definition) is 1. The number of amidine groups is 1. The number of rotatable bonds is 9. The fourth-order valence-electron chi connectivity index (χ4n) is 3.33. The maximum Gasteiger partial charge on any atom is 0.338 e. The molecule has 0 saturated heterocycles. The van der Waals surface area contributed by atoms with Crippen molar-refractivity contribution >= 4 is 46.4 Å². The van der Waals surface area contributed by atoms with Crippen molar-refractivity contribution in [2.24, 2.45) is 4.99 Å². The lowest BCUT2D eigenvalue weighted by Gasteiger charge is -2.19. The second kappa shape index (κ2) is 12.2. The Bertz CT molecular complexity index is 1130. The summed E-state index contributed by atoms with van der Waals surface area (Å²) in [6.45, 7) is 5.45. The molecule has 2 aromatic carbocycles. The Morgan fingerprint density at radius 2 is 1.74 bits per heavy atom. The molecule has 0 fully saturated rings. The van der Waals surface area contributed by atoms with Crippen LogP contribution in [-0.2, 0) is 25.7 Å². The van der Waals surface area contributed by atoms with Gasteiger partial charge in [0.2, 0.25) is 5.91 Å². The smallest absolute Gasteiger partial charge is 0.338 e. The number of benzene rings is 2. The lowest BCUT2D eigenvalue weighted by molar-refractivity contribution is -0.121. The normalized spacial score (nSPS) is 14.8. The van der Waals surface area contributed by atoms with Crippen LogP contribution in [0, 0.1) is 0 Å². The van der Waals surface area contributed by atoms with Crippen molar-refractivity contribution < 1.29 is 28.7 Å². The van der Waals surface area contributed by atoms with Crippen LogP contribution in [0.4, 0.5) is 5.69 Å². The van der Waals surface area contributed by atoms with Gasteiger partial charge in [-0.2, -0.15) is 4.99 Å². The van der Waals surface area contributed by atoms with E-state index in [1.807, 2.05) is 18.7 Å². The highest BCUT2D eigenvalue weighted by Crippen LogP contribution is 2.27. The van der Waals surface area contributed by atoms with Crippen LogP contribution in [0.3, 0.4) is 0 Å². The van der Waals surface area contributed by atoms with E-state index < -0.39 is 17.2 Å². The molecule has 0 spiro atoms. The molecule has 184 valence electrons. The van der Waals surface area contributed by atoms with Gasteiger partial charge in [-0.3, -0.25) is 9.59 Å². The van der Waals surface area contributed by atoms with Gasteiger partial charge in [0.15, 0.2) is 5.17 Å². The molecule has 2 amide bonds. The first-order valence-electron chi connectivity index (χ1n) is 11.1. The Kier molecular flexibility index (Phi) is 9.02. The predicted molar refractivity (Wildman–Crippen MR) is 133 cm³/mol. The third-order valence-corrected chi connectivity index (χ3v) is 6.47. The molecule has 1 N–H and O–H groups in total. The monoisotopic (exact) mass is 497 g/mol. The van der Waals surface area contributed by atoms with Gasteiger partial charge in [-0.15, -0.1) is 0 Å². The van der Waals surface area contributed by atoms with E-state index in [9.17, 15) is 19.2 Å². The zero-order chi connectivity index (χ0) is 25.4. The first-order chi connectivity index (χ1) is 16.8. The second-order valence-electron chi connectivity index (χ2n) is 7.61. The summed E-state index contributed by atoms with van der Waals surface area (Å²) in [5.74, 6) is -1.66. The highest BCUT2D eigenvalue weighted by Gasteiger charge is 2.32. The van der Waals surface area contributed by atoms with Gasteiger partial charge in [0.1, 0.15) is 11.9 Å². The third-order valence-electron chi connectivity index (χ3n) is 5.26. The average Bonchev–Trinajstić information content (AvgIpc) is 3.22. The van der Waals surface area contributed by atoms with E-state index in [2.05, 4.69) is 15.0 Å². The highest BCUT2D eigenvalue weighted by atomic mass is 32.2. The number of ether oxygens (including phenoxy) is 2. The molecule has 1 aliphatic heterocycles. The first-order valence-corrected chi connectivity index (χ1v) is 12.0. The molecule has 1 unspecified atom stereocenters. The van der Waals surface area contributed by atoms with Crippen molar-refractivity contribution in [2.45, 2.75) is 32.1 Å². The number of carbonyl (C=O) groups excluding carboxylic acids is 4. The summed E-state index contributed by atoms with van der Waals surface area (Å²) in [5.41, 5.74) is 1.81. The van der Waals surface area contributed by atoms with Crippen molar-refractivity contribution in [3.8, 4) is 0 Å². The molecule has 2 aromatic rings. The molecule has 0 aromatic heterocycles. The first kappa shape index (κ1) is 26.0. The average molecular weight is 498 g/mol. The lowest BCUT2D eigenvalue weighted by atomic mass is 10.1. The number of esters is 2. The molecule has 0 aliphatic carbocycles. The summed E-state index contributed by atoms with van der Waals surface area (Å²) >= 11 is 1.30. The summed E-state index contributed by atoms with van der Waals surface area (Å²) < 4.78 is 10.00. The van der Waals surface area contributed by atoms with Crippen LogP contribution in [0.15, 0.2) is 53.5 Å². The number of amides is 2. The molecular formula is C25H27N3O6S. The van der Waals surface area contributed by atoms with E-state index in [0.717, 1.165) is 13.1 Å². The van der Waals surface area contributed by atoms with Gasteiger partial charge in [-0.05, 0) is 49.7 Å². The number of nitrogens with one attached hydrogen (secondary N) is 1. The third kappa shape index (κ3) is 6.92. The Morgan fingerprint density at radius 3 is 2.40 bits per heavy atom. The van der Waals surface area contributed by atoms with Crippen molar-refractivity contribution in [1.82, 2.24) is 4.90 Å². The van der Waals surface area contributed by atoms with Crippen molar-refractivity contribution in [3.63, 3.8) is 0 Å². The minimum atomic E-state index is -0.565. The van der Waals surface area contributed by atoms with Gasteiger partial charge in [0.25, 0.3) is 5.91 Å². The van der Waals surface area contributed by atoms with Crippen molar-refractivity contribution in [3.05, 3.63) is 65.2 Å². The van der Waals surface area contributed by atoms with Gasteiger partial charge >= 0.3 is 11.9 Å². The minimum Gasteiger partial charge on any atom is -0.465 e. The van der Waals surface area contributed by atoms with Crippen LogP contribution in [0.25, 0.3) is 0 Å². The van der Waals surface area contributed by atoms with Gasteiger partial charge in [-0.1, -0.05) is 30.0 Å². The molecule has 10 heteroatoms. The van der Waals surface area contributed by atoms with E-state index in [1.54, 1.807) is 42.5 Å². The number of anilines is 1. The topological polar surface area (TPSA) is 114 Å². The number of thioether (sulfide) groups is 1. The Morgan fingerprint density at radius 1 is 1.03 bits per heavy atom. The van der Waals surface area contributed by atoms with Crippen LogP contribution in [0.5, 0.6) is 0 Å². The molecule has 35 heavy (non-hydrogen) atoms. The molecule has 0 radical (unpaired) electrons. The lowest BCUT2D eigenvalue weighted by Crippen LogP contribution is -2.27. The van der Waals surface area contributed by atoms with Crippen LogP contribution in [-0.4, -0.2) is 59.3 Å². The van der Waals surface area contributed by atoms with Crippen molar-refractivity contribution in [1.29, 1.82) is 0 Å². The van der Waals surface area contributed by atoms with Crippen LogP contribution in [0.2, 0.25) is 0 Å². The van der Waals surface area contributed by atoms with Crippen molar-refractivity contribution in [2.75, 3.05) is 25.5 Å². The molecule has 9 nitrogen and oxygen atoms in total. The maximum atomic E-state index is 12.5. The summed E-state index contributed by atoms with van der Waals surface area (Å²) in [4.78, 5) is 54.8. The van der Waals surface area contributed by atoms with Crippen LogP contribution in [0.1, 0.15) is 46.5 Å². The molecular weight excluding hydrogens is 470 g/mol. The SMILES string of the molecule is CCN(CC)C1=NC(=O)C(CC(=O)Nc2cccc(C(=O)OCc3ccc(C(=O)OC)cc3)c2)S1. The zero-order valence-corrected chi connectivity index (χ0v) is 20.6. The number of hydrogen-bond acceptors (Lipinski definition) is 8. The quantitative estimate of drug-likeness (QED) is 0.524. The van der Waals surface area contributed by atoms with Gasteiger partial charge in [0.05, 0.1) is 18.2 Å². The van der Waals surface area contributed by atoms with E-state index in [0.29, 0.717) is 22.0 Å². The van der Waals surface area contributed by atoms with E-state index in [1.165, 1.54) is 24.9 Å². The number of methoxy groups -OCH3 is 1. The summed E-state index contributed by atoms with van der Waals surface area (Å²) in [6, 6.07) is 12.9. The van der Waals surface area contributed by atoms with E-state index >= 15 is 0 Å². The molecule has 1 heterocycles. The molecule has 0 bridgehead atoms. The summed E-state index contributed by atoms with van der Waals surface area (Å²) in [7, 11) is 1.30. The molecule has 1 aliphatic rings. The predicted octanol–water partition coefficient (Wildman–Crippen LogP) is 3.50. The van der Waals surface area contributed by atoms with Gasteiger partial charge < -0.3 is 19.7 Å². The molecule has 1 atom stereocenters. The van der Waals surface area contributed by atoms with Crippen LogP contribution < -0.4 is 5.32 Å². The minimum absolute atomic E-state index is 0.0198. The van der Waals surface area contributed by atoms with Crippen LogP contribution >= 0.6 is 11.8 Å². The van der Waals surface area contributed by atoms with E-state index in [4.69, 9.17) is 4.74 Å². The van der Waals surface area contributed by atoms with Gasteiger partial charge in [-0.25, -0.2) is 9.59 Å². The number of aliphatic imine (C=N–C) groups is 1. The fourth-order valence-corrected chi connectivity index (χ4v) is 4.52. The molecule has 0 saturated carbocycles. The maximum absolute atomic E-state index is 12.5. The summed E-state index contributed by atoms with van der Waals surface area (Å²) in [6.07, 6.45) is -0.0198. The zero-order valence-electron chi connectivity index (χ0n) is 19.8. The number of nitrogens with zero attached hydrogens (tertiary/aromatic N) is 2. The Hall–Kier alpha value is -3.66. The molecule has 3 rings (SSSR count). The van der Waals surface area contributed by atoms with E-state index in [-0.39, 0.29) is 30.4 Å². The fraction of sp³-hybridized carbons (Fsp3) is 0.320. The highest BCUT2D eigenvalue weighted by molar-refractivity contribution is 8.15. The number of carbonyl (C=O) groups is 4. The standard InChI is InChI=1S/C25H27N3O6S/c1-4-28(5-2)25-27-22(30)20(35-25)14-21(29)26-19-8-6-7-18(13-19)24(32)34-15-16-9-11-17(12-10-16)23(31)33-3/h6-13,20H,4-5,14-15H2,1-3H3,(H,26,29). The van der Waals surface area contributed by atoms with Gasteiger partial charge in [0, 0.05) is 25.2 Å². The summed E-state index contributed by atoms with van der Waals surface area (Å²) in [5, 5.41) is 2.81. The second-order valence-corrected chi connectivity index (χ2v) is 8.78.